The number of hydrogen-bond acceptors (Lipinski definition) is 3. The predicted molar refractivity (Wildman–Crippen MR) is 112 cm³/mol. The van der Waals surface area contributed by atoms with Crippen molar-refractivity contribution < 1.29 is 14.3 Å². The van der Waals surface area contributed by atoms with E-state index in [0.29, 0.717) is 24.7 Å². The third-order valence-electron chi connectivity index (χ3n) is 5.21. The van der Waals surface area contributed by atoms with E-state index >= 15 is 0 Å². The van der Waals surface area contributed by atoms with Crippen LogP contribution in [0, 0.1) is 11.8 Å². The summed E-state index contributed by atoms with van der Waals surface area (Å²) in [5.74, 6) is 0.987. The van der Waals surface area contributed by atoms with Crippen LogP contribution >= 0.6 is 0 Å². The second-order valence-electron chi connectivity index (χ2n) is 7.46. The Morgan fingerprint density at radius 1 is 1.00 bits per heavy atom. The van der Waals surface area contributed by atoms with E-state index in [9.17, 15) is 9.59 Å². The van der Waals surface area contributed by atoms with Gasteiger partial charge in [0.25, 0.3) is 0 Å². The fourth-order valence-corrected chi connectivity index (χ4v) is 3.56. The molecule has 4 heteroatoms. The van der Waals surface area contributed by atoms with Crippen molar-refractivity contribution in [1.29, 1.82) is 0 Å². The second kappa shape index (κ2) is 14.2. The van der Waals surface area contributed by atoms with E-state index in [2.05, 4.69) is 19.2 Å². The fourth-order valence-electron chi connectivity index (χ4n) is 3.56. The Morgan fingerprint density at radius 2 is 1.70 bits per heavy atom. The summed E-state index contributed by atoms with van der Waals surface area (Å²) >= 11 is 0. The molecule has 1 rings (SSSR count). The molecule has 1 aromatic rings. The number of rotatable bonds is 14. The van der Waals surface area contributed by atoms with Crippen LogP contribution in [0.15, 0.2) is 30.3 Å². The van der Waals surface area contributed by atoms with E-state index in [1.165, 1.54) is 32.8 Å². The highest BCUT2D eigenvalue weighted by Gasteiger charge is 2.19. The third kappa shape index (κ3) is 10.8. The predicted octanol–water partition coefficient (Wildman–Crippen LogP) is 5.97. The smallest absolute Gasteiger partial charge is 0.305 e. The number of hydrogen-bond donors (Lipinski definition) is 1. The minimum Gasteiger partial charge on any atom is -0.469 e. The number of nitrogens with one attached hydrogen (secondary N) is 1. The highest BCUT2D eigenvalue weighted by Crippen LogP contribution is 2.28. The molecule has 0 radical (unpaired) electrons. The Morgan fingerprint density at radius 3 is 2.33 bits per heavy atom. The highest BCUT2D eigenvalue weighted by molar-refractivity contribution is 5.90. The van der Waals surface area contributed by atoms with Gasteiger partial charge in [-0.1, -0.05) is 64.2 Å². The molecule has 4 nitrogen and oxygen atoms in total. The van der Waals surface area contributed by atoms with Crippen molar-refractivity contribution in [3.05, 3.63) is 30.3 Å². The lowest BCUT2D eigenvalue weighted by Crippen LogP contribution is -2.19. The minimum atomic E-state index is -0.150. The molecule has 0 saturated heterocycles. The van der Waals surface area contributed by atoms with Crippen molar-refractivity contribution in [3.8, 4) is 0 Å². The molecule has 0 aliphatic heterocycles. The summed E-state index contributed by atoms with van der Waals surface area (Å²) in [5, 5.41) is 3.01. The van der Waals surface area contributed by atoms with Gasteiger partial charge in [0.1, 0.15) is 0 Å². The summed E-state index contributed by atoms with van der Waals surface area (Å²) in [7, 11) is 1.43. The first-order chi connectivity index (χ1) is 13.1. The molecule has 152 valence electrons. The lowest BCUT2D eigenvalue weighted by molar-refractivity contribution is -0.140. The van der Waals surface area contributed by atoms with Crippen LogP contribution in [0.25, 0.3) is 0 Å². The number of esters is 1. The van der Waals surface area contributed by atoms with Gasteiger partial charge in [-0.2, -0.15) is 0 Å². The Balaban J connectivity index is 2.56. The molecule has 2 unspecified atom stereocenters. The zero-order valence-corrected chi connectivity index (χ0v) is 17.3. The number of para-hydroxylation sites is 1. The summed E-state index contributed by atoms with van der Waals surface area (Å²) in [5.41, 5.74) is 0.852. The van der Waals surface area contributed by atoms with Crippen LogP contribution in [0.1, 0.15) is 78.1 Å². The van der Waals surface area contributed by atoms with Crippen molar-refractivity contribution in [2.75, 3.05) is 12.4 Å². The van der Waals surface area contributed by atoms with Crippen molar-refractivity contribution in [2.45, 2.75) is 78.1 Å². The Kier molecular flexibility index (Phi) is 12.2. The molecule has 0 aliphatic carbocycles. The maximum atomic E-state index is 12.5. The van der Waals surface area contributed by atoms with Gasteiger partial charge in [-0.05, 0) is 43.2 Å². The van der Waals surface area contributed by atoms with Crippen molar-refractivity contribution in [2.24, 2.45) is 11.8 Å². The first-order valence-electron chi connectivity index (χ1n) is 10.5. The van der Waals surface area contributed by atoms with Crippen LogP contribution in [-0.4, -0.2) is 19.0 Å². The number of methoxy groups -OCH3 is 1. The molecule has 1 aromatic carbocycles. The molecule has 1 N–H and O–H groups in total. The maximum absolute atomic E-state index is 12.5. The zero-order chi connectivity index (χ0) is 19.9. The van der Waals surface area contributed by atoms with Crippen LogP contribution < -0.4 is 5.32 Å². The van der Waals surface area contributed by atoms with Crippen LogP contribution in [0.4, 0.5) is 5.69 Å². The normalized spacial score (nSPS) is 13.0. The van der Waals surface area contributed by atoms with Crippen LogP contribution in [0.2, 0.25) is 0 Å². The van der Waals surface area contributed by atoms with Gasteiger partial charge in [0.2, 0.25) is 5.91 Å². The molecular weight excluding hydrogens is 338 g/mol. The van der Waals surface area contributed by atoms with Crippen molar-refractivity contribution in [1.82, 2.24) is 0 Å². The molecule has 0 fully saturated rings. The molecular formula is C23H37NO3. The molecule has 0 spiro atoms. The Hall–Kier alpha value is -1.84. The van der Waals surface area contributed by atoms with Crippen molar-refractivity contribution >= 4 is 17.6 Å². The molecule has 0 aliphatic rings. The average Bonchev–Trinajstić information content (AvgIpc) is 2.68. The summed E-state index contributed by atoms with van der Waals surface area (Å²) in [6, 6.07) is 9.63. The molecule has 0 heterocycles. The van der Waals surface area contributed by atoms with Crippen molar-refractivity contribution in [3.63, 3.8) is 0 Å². The lowest BCUT2D eigenvalue weighted by atomic mass is 9.84. The van der Waals surface area contributed by atoms with Crippen LogP contribution in [0.3, 0.4) is 0 Å². The quantitative estimate of drug-likeness (QED) is 0.322. The van der Waals surface area contributed by atoms with E-state index < -0.39 is 0 Å². The summed E-state index contributed by atoms with van der Waals surface area (Å²) in [4.78, 5) is 23.8. The van der Waals surface area contributed by atoms with Gasteiger partial charge >= 0.3 is 5.97 Å². The van der Waals surface area contributed by atoms with E-state index in [-0.39, 0.29) is 11.9 Å². The number of unbranched alkanes of at least 4 members (excludes halogenated alkanes) is 2. The van der Waals surface area contributed by atoms with Gasteiger partial charge in [0, 0.05) is 18.5 Å². The molecule has 2 atom stereocenters. The summed E-state index contributed by atoms with van der Waals surface area (Å²) < 4.78 is 4.71. The van der Waals surface area contributed by atoms with Gasteiger partial charge in [0.15, 0.2) is 0 Å². The molecule has 0 aromatic heterocycles. The van der Waals surface area contributed by atoms with E-state index in [1.807, 2.05) is 30.3 Å². The van der Waals surface area contributed by atoms with Crippen LogP contribution in [0.5, 0.6) is 0 Å². The van der Waals surface area contributed by atoms with Gasteiger partial charge < -0.3 is 10.1 Å². The molecule has 0 bridgehead atoms. The molecule has 1 amide bonds. The molecule has 0 saturated carbocycles. The van der Waals surface area contributed by atoms with Crippen LogP contribution in [-0.2, 0) is 14.3 Å². The number of benzene rings is 1. The van der Waals surface area contributed by atoms with Gasteiger partial charge in [-0.15, -0.1) is 0 Å². The number of carbonyl (C=O) groups is 2. The first-order valence-corrected chi connectivity index (χ1v) is 10.5. The maximum Gasteiger partial charge on any atom is 0.305 e. The van der Waals surface area contributed by atoms with E-state index in [1.54, 1.807) is 0 Å². The SMILES string of the molecule is CCCCC(CC)CC(CCCCC(=O)OC)CC(=O)Nc1ccccc1. The largest absolute Gasteiger partial charge is 0.469 e. The fraction of sp³-hybridized carbons (Fsp3) is 0.652. The topological polar surface area (TPSA) is 55.4 Å². The highest BCUT2D eigenvalue weighted by atomic mass is 16.5. The van der Waals surface area contributed by atoms with Gasteiger partial charge in [-0.25, -0.2) is 0 Å². The third-order valence-corrected chi connectivity index (χ3v) is 5.21. The summed E-state index contributed by atoms with van der Waals surface area (Å²) in [6.07, 6.45) is 9.77. The number of carbonyl (C=O) groups excluding carboxylic acids is 2. The number of amides is 1. The van der Waals surface area contributed by atoms with E-state index in [0.717, 1.165) is 31.4 Å². The lowest BCUT2D eigenvalue weighted by Gasteiger charge is -2.22. The number of anilines is 1. The molecule has 27 heavy (non-hydrogen) atoms. The monoisotopic (exact) mass is 375 g/mol. The summed E-state index contributed by atoms with van der Waals surface area (Å²) in [6.45, 7) is 4.48. The minimum absolute atomic E-state index is 0.0875. The van der Waals surface area contributed by atoms with Gasteiger partial charge in [-0.3, -0.25) is 9.59 Å². The number of ether oxygens (including phenoxy) is 1. The first kappa shape index (κ1) is 23.2. The standard InChI is InChI=1S/C23H37NO3/c1-4-6-12-19(5-2)17-20(13-10-11-16-23(26)27-3)18-22(25)24-21-14-8-7-9-15-21/h7-9,14-15,19-20H,4-6,10-13,16-18H2,1-3H3,(H,24,25). The Bertz CT molecular complexity index is 530. The second-order valence-corrected chi connectivity index (χ2v) is 7.46. The van der Waals surface area contributed by atoms with Gasteiger partial charge in [0.05, 0.1) is 7.11 Å². The zero-order valence-electron chi connectivity index (χ0n) is 17.3. The average molecular weight is 376 g/mol. The Labute approximate surface area is 165 Å². The van der Waals surface area contributed by atoms with E-state index in [4.69, 9.17) is 4.74 Å².